The summed E-state index contributed by atoms with van der Waals surface area (Å²) in [6.07, 6.45) is 0.998. The Morgan fingerprint density at radius 2 is 2.00 bits per heavy atom. The van der Waals surface area contributed by atoms with E-state index in [0.717, 1.165) is 19.3 Å². The minimum Gasteiger partial charge on any atom is -0.452 e. The Morgan fingerprint density at radius 3 is 2.68 bits per heavy atom. The molecular formula is C15H22O4. The largest absolute Gasteiger partial charge is 0.452 e. The molecule has 1 aliphatic heterocycles. The van der Waals surface area contributed by atoms with Crippen LogP contribution >= 0.6 is 0 Å². The Bertz CT molecular complexity index is 455. The molecule has 3 rings (SSSR count). The molecule has 0 unspecified atom stereocenters. The third-order valence-electron chi connectivity index (χ3n) is 5.90. The minimum atomic E-state index is -0.687. The number of carbonyl (C=O) groups excluding carboxylic acids is 1. The quantitative estimate of drug-likeness (QED) is 0.651. The Labute approximate surface area is 113 Å². The summed E-state index contributed by atoms with van der Waals surface area (Å²) in [6.45, 7) is 5.87. The average molecular weight is 266 g/mol. The number of ether oxygens (including phenoxy) is 1. The van der Waals surface area contributed by atoms with Crippen molar-refractivity contribution in [3.63, 3.8) is 0 Å². The van der Waals surface area contributed by atoms with Gasteiger partial charge in [0, 0.05) is 16.6 Å². The molecule has 0 saturated heterocycles. The topological polar surface area (TPSA) is 66.8 Å². The van der Waals surface area contributed by atoms with Gasteiger partial charge in [-0.25, -0.2) is 4.79 Å². The minimum absolute atomic E-state index is 0.00120. The molecule has 0 spiro atoms. The number of hydrogen-bond donors (Lipinski definition) is 2. The fraction of sp³-hybridized carbons (Fsp3) is 0.800. The van der Waals surface area contributed by atoms with Crippen molar-refractivity contribution in [1.82, 2.24) is 0 Å². The third-order valence-corrected chi connectivity index (χ3v) is 5.90. The van der Waals surface area contributed by atoms with Crippen LogP contribution in [0.4, 0.5) is 0 Å². The first kappa shape index (κ1) is 13.1. The van der Waals surface area contributed by atoms with Crippen LogP contribution in [0, 0.1) is 17.3 Å². The maximum atomic E-state index is 11.7. The van der Waals surface area contributed by atoms with Gasteiger partial charge in [0.25, 0.3) is 0 Å². The summed E-state index contributed by atoms with van der Waals surface area (Å²) < 4.78 is 5.27. The molecule has 2 fully saturated rings. The molecule has 0 bridgehead atoms. The van der Waals surface area contributed by atoms with E-state index in [-0.39, 0.29) is 11.3 Å². The predicted molar refractivity (Wildman–Crippen MR) is 69.2 cm³/mol. The average Bonchev–Trinajstić information content (AvgIpc) is 2.67. The van der Waals surface area contributed by atoms with Gasteiger partial charge in [0.05, 0.1) is 12.2 Å². The molecule has 0 radical (unpaired) electrons. The molecule has 0 aromatic carbocycles. The van der Waals surface area contributed by atoms with Crippen LogP contribution in [0.1, 0.15) is 40.0 Å². The van der Waals surface area contributed by atoms with Crippen LogP contribution in [0.2, 0.25) is 0 Å². The van der Waals surface area contributed by atoms with E-state index in [9.17, 15) is 15.0 Å². The van der Waals surface area contributed by atoms with E-state index in [1.54, 1.807) is 6.92 Å². The lowest BCUT2D eigenvalue weighted by atomic mass is 9.52. The van der Waals surface area contributed by atoms with Crippen LogP contribution in [0.25, 0.3) is 0 Å². The van der Waals surface area contributed by atoms with E-state index in [4.69, 9.17) is 4.74 Å². The molecule has 2 aliphatic carbocycles. The molecule has 19 heavy (non-hydrogen) atoms. The summed E-state index contributed by atoms with van der Waals surface area (Å²) in [4.78, 5) is 11.7. The van der Waals surface area contributed by atoms with E-state index in [2.05, 4.69) is 13.8 Å². The van der Waals surface area contributed by atoms with Crippen LogP contribution < -0.4 is 0 Å². The van der Waals surface area contributed by atoms with E-state index < -0.39 is 24.3 Å². The normalized spacial score (nSPS) is 49.7. The van der Waals surface area contributed by atoms with Gasteiger partial charge in [0.15, 0.2) is 6.10 Å². The van der Waals surface area contributed by atoms with Crippen molar-refractivity contribution in [3.8, 4) is 0 Å². The number of hydrogen-bond acceptors (Lipinski definition) is 4. The molecule has 2 saturated carbocycles. The van der Waals surface area contributed by atoms with Crippen LogP contribution in [0.5, 0.6) is 0 Å². The lowest BCUT2D eigenvalue weighted by molar-refractivity contribution is -0.171. The van der Waals surface area contributed by atoms with E-state index in [1.165, 1.54) is 0 Å². The molecular weight excluding hydrogens is 244 g/mol. The van der Waals surface area contributed by atoms with Crippen LogP contribution in [0.3, 0.4) is 0 Å². The second-order valence-corrected chi connectivity index (χ2v) is 6.60. The molecule has 3 aliphatic rings. The first-order chi connectivity index (χ1) is 8.89. The second-order valence-electron chi connectivity index (χ2n) is 6.60. The Kier molecular flexibility index (Phi) is 2.81. The molecule has 2 N–H and O–H groups in total. The molecule has 6 atom stereocenters. The Hall–Kier alpha value is -0.870. The molecule has 0 aromatic rings. The number of aliphatic hydroxyl groups is 2. The lowest BCUT2D eigenvalue weighted by Crippen LogP contribution is -2.60. The highest BCUT2D eigenvalue weighted by Gasteiger charge is 2.60. The highest BCUT2D eigenvalue weighted by Crippen LogP contribution is 2.56. The summed E-state index contributed by atoms with van der Waals surface area (Å²) in [6, 6.07) is 0. The number of rotatable bonds is 0. The van der Waals surface area contributed by atoms with Gasteiger partial charge in [-0.2, -0.15) is 0 Å². The monoisotopic (exact) mass is 266 g/mol. The number of aliphatic hydroxyl groups excluding tert-OH is 2. The first-order valence-corrected chi connectivity index (χ1v) is 7.16. The predicted octanol–water partition coefficient (Wildman–Crippen LogP) is 1.41. The maximum absolute atomic E-state index is 11.7. The zero-order valence-electron chi connectivity index (χ0n) is 11.7. The molecule has 0 aromatic heterocycles. The van der Waals surface area contributed by atoms with Gasteiger partial charge in [-0.3, -0.25) is 0 Å². The fourth-order valence-corrected chi connectivity index (χ4v) is 4.40. The van der Waals surface area contributed by atoms with E-state index in [1.807, 2.05) is 0 Å². The van der Waals surface area contributed by atoms with Gasteiger partial charge < -0.3 is 14.9 Å². The van der Waals surface area contributed by atoms with Crippen LogP contribution in [-0.2, 0) is 9.53 Å². The Morgan fingerprint density at radius 1 is 1.32 bits per heavy atom. The van der Waals surface area contributed by atoms with Gasteiger partial charge in [-0.15, -0.1) is 0 Å². The molecule has 1 heterocycles. The van der Waals surface area contributed by atoms with Crippen molar-refractivity contribution in [1.29, 1.82) is 0 Å². The van der Waals surface area contributed by atoms with Crippen molar-refractivity contribution in [3.05, 3.63) is 11.1 Å². The van der Waals surface area contributed by atoms with Gasteiger partial charge in [-0.05, 0) is 25.2 Å². The van der Waals surface area contributed by atoms with Crippen molar-refractivity contribution in [2.24, 2.45) is 17.3 Å². The van der Waals surface area contributed by atoms with Crippen LogP contribution in [-0.4, -0.2) is 34.5 Å². The Balaban J connectivity index is 2.10. The second kappa shape index (κ2) is 4.06. The van der Waals surface area contributed by atoms with Crippen molar-refractivity contribution < 1.29 is 19.7 Å². The van der Waals surface area contributed by atoms with Crippen molar-refractivity contribution in [2.45, 2.75) is 58.3 Å². The highest BCUT2D eigenvalue weighted by molar-refractivity contribution is 5.92. The van der Waals surface area contributed by atoms with Gasteiger partial charge in [-0.1, -0.05) is 26.7 Å². The highest BCUT2D eigenvalue weighted by atomic mass is 16.6. The summed E-state index contributed by atoms with van der Waals surface area (Å²) >= 11 is 0. The molecule has 4 nitrogen and oxygen atoms in total. The third kappa shape index (κ3) is 1.50. The zero-order valence-corrected chi connectivity index (χ0v) is 11.7. The maximum Gasteiger partial charge on any atom is 0.334 e. The first-order valence-electron chi connectivity index (χ1n) is 7.16. The van der Waals surface area contributed by atoms with Gasteiger partial charge in [0.1, 0.15) is 0 Å². The number of carbonyl (C=O) groups is 1. The van der Waals surface area contributed by atoms with Gasteiger partial charge in [0.2, 0.25) is 0 Å². The summed E-state index contributed by atoms with van der Waals surface area (Å²) in [5, 5.41) is 21.4. The van der Waals surface area contributed by atoms with Crippen molar-refractivity contribution in [2.75, 3.05) is 0 Å². The standard InChI is InChI=1S/C15H22O4/c1-7-5-4-6-9-11(16)12-10(8(2)14(18)19-12)13(17)15(7,9)3/h7,9,11-13,16-17H,4-6H2,1-3H3/t7-,9+,11+,12+,13+,15+/m0/s1. The van der Waals surface area contributed by atoms with Crippen LogP contribution in [0.15, 0.2) is 11.1 Å². The van der Waals surface area contributed by atoms with Crippen molar-refractivity contribution >= 4 is 5.97 Å². The molecule has 106 valence electrons. The summed E-state index contributed by atoms with van der Waals surface area (Å²) in [5.74, 6) is -0.0699. The molecule has 4 heteroatoms. The van der Waals surface area contributed by atoms with Gasteiger partial charge >= 0.3 is 5.97 Å². The fourth-order valence-electron chi connectivity index (χ4n) is 4.40. The number of esters is 1. The summed E-state index contributed by atoms with van der Waals surface area (Å²) in [7, 11) is 0. The smallest absolute Gasteiger partial charge is 0.334 e. The molecule has 0 amide bonds. The van der Waals surface area contributed by atoms with E-state index >= 15 is 0 Å². The zero-order chi connectivity index (χ0) is 13.9. The SMILES string of the molecule is CC1=C2[C@@H](OC1=O)[C@H](O)[C@H]1CCC[C@H](C)[C@@]1(C)[C@@H]2O. The summed E-state index contributed by atoms with van der Waals surface area (Å²) in [5.41, 5.74) is 0.734. The lowest BCUT2D eigenvalue weighted by Gasteiger charge is -2.55. The number of fused-ring (bicyclic) bond motifs is 2. The van der Waals surface area contributed by atoms with E-state index in [0.29, 0.717) is 17.1 Å².